The standard InChI is InChI=1S/C8H8ClN3O/c1-3-4-12-8(13)7(10-2)6(9)5-11-12/h1,5,10H,4H2,2H3. The van der Waals surface area contributed by atoms with Crippen molar-refractivity contribution in [1.82, 2.24) is 9.78 Å². The maximum Gasteiger partial charge on any atom is 0.292 e. The largest absolute Gasteiger partial charge is 0.382 e. The van der Waals surface area contributed by atoms with E-state index < -0.39 is 0 Å². The van der Waals surface area contributed by atoms with Gasteiger partial charge in [-0.1, -0.05) is 17.5 Å². The summed E-state index contributed by atoms with van der Waals surface area (Å²) in [4.78, 5) is 11.5. The summed E-state index contributed by atoms with van der Waals surface area (Å²) in [5, 5.41) is 6.75. The van der Waals surface area contributed by atoms with Crippen molar-refractivity contribution in [3.05, 3.63) is 21.6 Å². The Labute approximate surface area is 80.5 Å². The van der Waals surface area contributed by atoms with E-state index in [2.05, 4.69) is 16.3 Å². The highest BCUT2D eigenvalue weighted by Gasteiger charge is 2.06. The molecule has 68 valence electrons. The van der Waals surface area contributed by atoms with E-state index in [1.807, 2.05) is 0 Å². The number of halogens is 1. The van der Waals surface area contributed by atoms with Crippen molar-refractivity contribution in [1.29, 1.82) is 0 Å². The van der Waals surface area contributed by atoms with Gasteiger partial charge in [0.05, 0.1) is 11.2 Å². The van der Waals surface area contributed by atoms with E-state index in [1.165, 1.54) is 6.20 Å². The molecule has 1 N–H and O–H groups in total. The molecule has 0 saturated carbocycles. The van der Waals surface area contributed by atoms with Gasteiger partial charge in [0, 0.05) is 7.05 Å². The van der Waals surface area contributed by atoms with Crippen LogP contribution in [0.2, 0.25) is 5.02 Å². The van der Waals surface area contributed by atoms with Gasteiger partial charge < -0.3 is 5.32 Å². The molecule has 0 spiro atoms. The van der Waals surface area contributed by atoms with Gasteiger partial charge in [0.15, 0.2) is 0 Å². The summed E-state index contributed by atoms with van der Waals surface area (Å²) in [6.07, 6.45) is 6.44. The molecule has 0 unspecified atom stereocenters. The third kappa shape index (κ3) is 1.82. The fourth-order valence-corrected chi connectivity index (χ4v) is 1.11. The summed E-state index contributed by atoms with van der Waals surface area (Å²) in [7, 11) is 1.61. The maximum absolute atomic E-state index is 11.5. The molecule has 0 bridgehead atoms. The van der Waals surface area contributed by atoms with Crippen molar-refractivity contribution in [2.45, 2.75) is 6.54 Å². The first-order valence-electron chi connectivity index (χ1n) is 3.57. The first-order chi connectivity index (χ1) is 6.20. The highest BCUT2D eigenvalue weighted by atomic mass is 35.5. The lowest BCUT2D eigenvalue weighted by atomic mass is 10.4. The fraction of sp³-hybridized carbons (Fsp3) is 0.250. The van der Waals surface area contributed by atoms with Gasteiger partial charge in [0.2, 0.25) is 0 Å². The first kappa shape index (κ1) is 9.62. The molecule has 1 rings (SSSR count). The summed E-state index contributed by atoms with van der Waals surface area (Å²) in [6, 6.07) is 0. The third-order valence-electron chi connectivity index (χ3n) is 1.49. The number of hydrogen-bond donors (Lipinski definition) is 1. The highest BCUT2D eigenvalue weighted by Crippen LogP contribution is 2.13. The molecule has 0 aliphatic rings. The van der Waals surface area contributed by atoms with Crippen molar-refractivity contribution >= 4 is 17.3 Å². The minimum atomic E-state index is -0.312. The molecule has 1 heterocycles. The Morgan fingerprint density at radius 3 is 3.08 bits per heavy atom. The number of anilines is 1. The van der Waals surface area contributed by atoms with E-state index in [9.17, 15) is 4.79 Å². The maximum atomic E-state index is 11.5. The van der Waals surface area contributed by atoms with Crippen molar-refractivity contribution in [3.8, 4) is 12.3 Å². The smallest absolute Gasteiger partial charge is 0.292 e. The van der Waals surface area contributed by atoms with Crippen LogP contribution in [0.4, 0.5) is 5.69 Å². The Morgan fingerprint density at radius 1 is 1.85 bits per heavy atom. The van der Waals surface area contributed by atoms with Crippen LogP contribution in [0.5, 0.6) is 0 Å². The predicted octanol–water partition coefficient (Wildman–Crippen LogP) is 0.572. The number of aromatic nitrogens is 2. The van der Waals surface area contributed by atoms with Crippen LogP contribution < -0.4 is 10.9 Å². The number of terminal acetylenes is 1. The van der Waals surface area contributed by atoms with Crippen LogP contribution in [0.1, 0.15) is 0 Å². The zero-order chi connectivity index (χ0) is 9.84. The highest BCUT2D eigenvalue weighted by molar-refractivity contribution is 6.32. The van der Waals surface area contributed by atoms with Gasteiger partial charge in [0.1, 0.15) is 12.2 Å². The van der Waals surface area contributed by atoms with Crippen LogP contribution in [-0.2, 0) is 6.54 Å². The van der Waals surface area contributed by atoms with Crippen LogP contribution in [0.15, 0.2) is 11.0 Å². The molecule has 1 aromatic heterocycles. The Kier molecular flexibility index (Phi) is 2.93. The molecule has 0 radical (unpaired) electrons. The van der Waals surface area contributed by atoms with Gasteiger partial charge in [-0.15, -0.1) is 6.42 Å². The predicted molar refractivity (Wildman–Crippen MR) is 51.9 cm³/mol. The van der Waals surface area contributed by atoms with E-state index in [1.54, 1.807) is 7.05 Å². The SMILES string of the molecule is C#CCn1ncc(Cl)c(NC)c1=O. The van der Waals surface area contributed by atoms with Crippen molar-refractivity contribution in [3.63, 3.8) is 0 Å². The van der Waals surface area contributed by atoms with Crippen LogP contribution in [0, 0.1) is 12.3 Å². The lowest BCUT2D eigenvalue weighted by Gasteiger charge is -2.04. The van der Waals surface area contributed by atoms with Gasteiger partial charge in [0.25, 0.3) is 5.56 Å². The zero-order valence-electron chi connectivity index (χ0n) is 7.04. The van der Waals surface area contributed by atoms with Crippen LogP contribution in [0.3, 0.4) is 0 Å². The third-order valence-corrected chi connectivity index (χ3v) is 1.78. The van der Waals surface area contributed by atoms with Gasteiger partial charge in [-0.25, -0.2) is 4.68 Å². The summed E-state index contributed by atoms with van der Waals surface area (Å²) in [5.41, 5.74) is -0.000123. The van der Waals surface area contributed by atoms with E-state index in [0.29, 0.717) is 10.7 Å². The fourth-order valence-electron chi connectivity index (χ4n) is 0.894. The normalized spacial score (nSPS) is 9.31. The molecule has 1 aromatic rings. The average Bonchev–Trinajstić information content (AvgIpc) is 2.11. The van der Waals surface area contributed by atoms with Crippen LogP contribution in [-0.4, -0.2) is 16.8 Å². The Balaban J connectivity index is 3.30. The minimum Gasteiger partial charge on any atom is -0.382 e. The molecule has 13 heavy (non-hydrogen) atoms. The van der Waals surface area contributed by atoms with Crippen LogP contribution >= 0.6 is 11.6 Å². The van der Waals surface area contributed by atoms with Gasteiger partial charge in [-0.2, -0.15) is 5.10 Å². The first-order valence-corrected chi connectivity index (χ1v) is 3.95. The Hall–Kier alpha value is -1.47. The molecular weight excluding hydrogens is 190 g/mol. The second-order valence-electron chi connectivity index (χ2n) is 2.28. The number of rotatable bonds is 2. The van der Waals surface area contributed by atoms with Gasteiger partial charge in [-0.05, 0) is 0 Å². The van der Waals surface area contributed by atoms with Gasteiger partial charge in [-0.3, -0.25) is 4.79 Å². The molecule has 0 aliphatic heterocycles. The molecular formula is C8H8ClN3O. The molecule has 0 aliphatic carbocycles. The topological polar surface area (TPSA) is 46.9 Å². The molecule has 0 atom stereocenters. The van der Waals surface area contributed by atoms with Crippen LogP contribution in [0.25, 0.3) is 0 Å². The molecule has 5 heteroatoms. The second kappa shape index (κ2) is 3.97. The summed E-state index contributed by atoms with van der Waals surface area (Å²) < 4.78 is 1.16. The van der Waals surface area contributed by atoms with Crippen molar-refractivity contribution in [2.24, 2.45) is 0 Å². The molecule has 0 saturated heterocycles. The van der Waals surface area contributed by atoms with E-state index in [-0.39, 0.29) is 12.1 Å². The molecule has 0 aromatic carbocycles. The molecule has 0 amide bonds. The summed E-state index contributed by atoms with van der Waals surface area (Å²) in [5.74, 6) is 2.33. The summed E-state index contributed by atoms with van der Waals surface area (Å²) in [6.45, 7) is 0.144. The quantitative estimate of drug-likeness (QED) is 0.706. The van der Waals surface area contributed by atoms with Gasteiger partial charge >= 0.3 is 0 Å². The number of nitrogens with one attached hydrogen (secondary N) is 1. The molecule has 4 nitrogen and oxygen atoms in total. The van der Waals surface area contributed by atoms with Crippen molar-refractivity contribution < 1.29 is 0 Å². The Morgan fingerprint density at radius 2 is 2.54 bits per heavy atom. The second-order valence-corrected chi connectivity index (χ2v) is 2.69. The zero-order valence-corrected chi connectivity index (χ0v) is 7.80. The molecule has 0 fully saturated rings. The van der Waals surface area contributed by atoms with E-state index >= 15 is 0 Å². The number of nitrogens with zero attached hydrogens (tertiary/aromatic N) is 2. The lowest BCUT2D eigenvalue weighted by Crippen LogP contribution is -2.24. The lowest BCUT2D eigenvalue weighted by molar-refractivity contribution is 0.665. The van der Waals surface area contributed by atoms with E-state index in [4.69, 9.17) is 18.0 Å². The monoisotopic (exact) mass is 197 g/mol. The Bertz CT molecular complexity index is 405. The number of hydrogen-bond acceptors (Lipinski definition) is 3. The van der Waals surface area contributed by atoms with E-state index in [0.717, 1.165) is 4.68 Å². The average molecular weight is 198 g/mol. The van der Waals surface area contributed by atoms with Crippen molar-refractivity contribution in [2.75, 3.05) is 12.4 Å². The summed E-state index contributed by atoms with van der Waals surface area (Å²) >= 11 is 5.71. The minimum absolute atomic E-state index is 0.144.